The quantitative estimate of drug-likeness (QED) is 0.324. The fourth-order valence-corrected chi connectivity index (χ4v) is 1.08. The van der Waals surface area contributed by atoms with Gasteiger partial charge in [-0.05, 0) is 6.92 Å². The van der Waals surface area contributed by atoms with E-state index in [-0.39, 0.29) is 0 Å². The van der Waals surface area contributed by atoms with Gasteiger partial charge in [0, 0.05) is 0 Å². The fourth-order valence-electron chi connectivity index (χ4n) is 1.08. The number of aliphatic hydroxyl groups is 3. The van der Waals surface area contributed by atoms with Gasteiger partial charge in [0.25, 0.3) is 0 Å². The van der Waals surface area contributed by atoms with E-state index in [9.17, 15) is 0 Å². The second kappa shape index (κ2) is 3.04. The molecule has 1 saturated heterocycles. The molecule has 1 fully saturated rings. The van der Waals surface area contributed by atoms with Gasteiger partial charge in [-0.3, -0.25) is 0 Å². The third-order valence-electron chi connectivity index (χ3n) is 1.89. The topological polar surface area (TPSA) is 95.9 Å². The maximum absolute atomic E-state index is 9.14. The zero-order valence-electron chi connectivity index (χ0n) is 6.21. The van der Waals surface area contributed by atoms with Crippen molar-refractivity contribution >= 4 is 0 Å². The first kappa shape index (κ1) is 8.89. The maximum Gasteiger partial charge on any atom is 0.135 e. The molecule has 0 spiro atoms. The van der Waals surface area contributed by atoms with Crippen LogP contribution in [0.25, 0.3) is 0 Å². The zero-order chi connectivity index (χ0) is 8.59. The van der Waals surface area contributed by atoms with Crippen LogP contribution in [0.2, 0.25) is 0 Å². The van der Waals surface area contributed by atoms with Crippen LogP contribution in [0.4, 0.5) is 0 Å². The van der Waals surface area contributed by atoms with E-state index in [4.69, 9.17) is 25.8 Å². The molecule has 0 aromatic carbocycles. The summed E-state index contributed by atoms with van der Waals surface area (Å²) >= 11 is 0. The van der Waals surface area contributed by atoms with Crippen molar-refractivity contribution in [2.24, 2.45) is 5.73 Å². The Morgan fingerprint density at radius 1 is 1.09 bits per heavy atom. The Hall–Kier alpha value is -0.200. The molecule has 5 N–H and O–H groups in total. The highest BCUT2D eigenvalue weighted by atomic mass is 16.5. The molecule has 11 heavy (non-hydrogen) atoms. The van der Waals surface area contributed by atoms with Crippen LogP contribution in [0.1, 0.15) is 6.92 Å². The molecule has 66 valence electrons. The lowest BCUT2D eigenvalue weighted by atomic mass is 9.99. The van der Waals surface area contributed by atoms with Crippen LogP contribution < -0.4 is 5.73 Å². The second-order valence-corrected chi connectivity index (χ2v) is 2.78. The highest BCUT2D eigenvalue weighted by Crippen LogP contribution is 2.17. The van der Waals surface area contributed by atoms with E-state index in [2.05, 4.69) is 0 Å². The van der Waals surface area contributed by atoms with Gasteiger partial charge in [0.1, 0.15) is 24.5 Å². The van der Waals surface area contributed by atoms with Crippen molar-refractivity contribution in [2.75, 3.05) is 0 Å². The summed E-state index contributed by atoms with van der Waals surface area (Å²) in [4.78, 5) is 0. The molecule has 0 bridgehead atoms. The minimum Gasteiger partial charge on any atom is -0.388 e. The zero-order valence-corrected chi connectivity index (χ0v) is 6.21. The van der Waals surface area contributed by atoms with Crippen molar-refractivity contribution in [1.82, 2.24) is 0 Å². The molecule has 0 saturated carbocycles. The molecular weight excluding hydrogens is 150 g/mol. The molecule has 5 nitrogen and oxygen atoms in total. The van der Waals surface area contributed by atoms with E-state index >= 15 is 0 Å². The van der Waals surface area contributed by atoms with Crippen LogP contribution in [-0.4, -0.2) is 46.0 Å². The van der Waals surface area contributed by atoms with Crippen molar-refractivity contribution in [3.8, 4) is 0 Å². The molecule has 1 aliphatic rings. The lowest BCUT2D eigenvalue weighted by Crippen LogP contribution is -2.59. The normalized spacial score (nSPS) is 52.6. The van der Waals surface area contributed by atoms with Gasteiger partial charge in [-0.1, -0.05) is 0 Å². The second-order valence-electron chi connectivity index (χ2n) is 2.78. The fraction of sp³-hybridized carbons (Fsp3) is 1.00. The Bertz CT molecular complexity index is 129. The first-order valence-corrected chi connectivity index (χ1v) is 3.49. The first-order chi connectivity index (χ1) is 5.04. The molecule has 0 aromatic rings. The number of hydrogen-bond donors (Lipinski definition) is 4. The van der Waals surface area contributed by atoms with Gasteiger partial charge in [-0.2, -0.15) is 0 Å². The maximum atomic E-state index is 9.14. The molecule has 0 radical (unpaired) electrons. The van der Waals surface area contributed by atoms with Gasteiger partial charge in [0.2, 0.25) is 0 Å². The van der Waals surface area contributed by atoms with Crippen LogP contribution in [0, 0.1) is 0 Å². The van der Waals surface area contributed by atoms with Gasteiger partial charge in [0.15, 0.2) is 0 Å². The summed E-state index contributed by atoms with van der Waals surface area (Å²) < 4.78 is 4.90. The smallest absolute Gasteiger partial charge is 0.135 e. The summed E-state index contributed by atoms with van der Waals surface area (Å²) in [5.74, 6) is 0. The van der Waals surface area contributed by atoms with Crippen LogP contribution in [0.5, 0.6) is 0 Å². The third kappa shape index (κ3) is 1.52. The summed E-state index contributed by atoms with van der Waals surface area (Å²) in [5, 5.41) is 27.3. The first-order valence-electron chi connectivity index (χ1n) is 3.49. The summed E-state index contributed by atoms with van der Waals surface area (Å²) in [6.07, 6.45) is -4.94. The molecule has 3 unspecified atom stereocenters. The highest BCUT2D eigenvalue weighted by Gasteiger charge is 2.39. The largest absolute Gasteiger partial charge is 0.388 e. The Kier molecular flexibility index (Phi) is 2.46. The predicted octanol–water partition coefficient (Wildman–Crippen LogP) is -2.23. The van der Waals surface area contributed by atoms with Crippen molar-refractivity contribution in [2.45, 2.75) is 37.6 Å². The number of nitrogens with two attached hydrogens (primary N) is 1. The van der Waals surface area contributed by atoms with Crippen LogP contribution in [0.15, 0.2) is 0 Å². The lowest BCUT2D eigenvalue weighted by molar-refractivity contribution is -0.215. The molecule has 5 heteroatoms. The average molecular weight is 163 g/mol. The number of hydrogen-bond acceptors (Lipinski definition) is 5. The van der Waals surface area contributed by atoms with Gasteiger partial charge in [0.05, 0.1) is 6.10 Å². The lowest BCUT2D eigenvalue weighted by Gasteiger charge is -2.37. The van der Waals surface area contributed by atoms with Crippen LogP contribution in [-0.2, 0) is 4.74 Å². The van der Waals surface area contributed by atoms with E-state index in [1.807, 2.05) is 0 Å². The number of aliphatic hydroxyl groups excluding tert-OH is 3. The SMILES string of the molecule is CC1O[C@@H](N)C(O)C(O)[C@@H]1O. The summed E-state index contributed by atoms with van der Waals surface area (Å²) in [5.41, 5.74) is 5.28. The molecule has 1 rings (SSSR count). The van der Waals surface area contributed by atoms with Crippen LogP contribution in [0.3, 0.4) is 0 Å². The Morgan fingerprint density at radius 2 is 1.64 bits per heavy atom. The van der Waals surface area contributed by atoms with Gasteiger partial charge >= 0.3 is 0 Å². The molecule has 1 heterocycles. The monoisotopic (exact) mass is 163 g/mol. The molecule has 0 aromatic heterocycles. The summed E-state index contributed by atoms with van der Waals surface area (Å²) in [6, 6.07) is 0. The van der Waals surface area contributed by atoms with E-state index in [0.717, 1.165) is 0 Å². The third-order valence-corrected chi connectivity index (χ3v) is 1.89. The Morgan fingerprint density at radius 3 is 2.18 bits per heavy atom. The van der Waals surface area contributed by atoms with Crippen molar-refractivity contribution in [3.05, 3.63) is 0 Å². The average Bonchev–Trinajstić information content (AvgIpc) is 1.97. The van der Waals surface area contributed by atoms with E-state index in [1.165, 1.54) is 0 Å². The summed E-state index contributed by atoms with van der Waals surface area (Å²) in [7, 11) is 0. The molecule has 5 atom stereocenters. The molecule has 0 amide bonds. The number of rotatable bonds is 0. The van der Waals surface area contributed by atoms with Crippen molar-refractivity contribution in [1.29, 1.82) is 0 Å². The highest BCUT2D eigenvalue weighted by molar-refractivity contribution is 4.87. The van der Waals surface area contributed by atoms with Gasteiger partial charge in [-0.25, -0.2) is 0 Å². The van der Waals surface area contributed by atoms with E-state index in [1.54, 1.807) is 6.92 Å². The Balaban J connectivity index is 2.63. The van der Waals surface area contributed by atoms with Crippen molar-refractivity contribution in [3.63, 3.8) is 0 Å². The van der Waals surface area contributed by atoms with Gasteiger partial charge in [-0.15, -0.1) is 0 Å². The number of ether oxygens (including phenoxy) is 1. The molecule has 1 aliphatic heterocycles. The Labute approximate surface area is 64.4 Å². The van der Waals surface area contributed by atoms with E-state index < -0.39 is 30.6 Å². The summed E-state index contributed by atoms with van der Waals surface area (Å²) in [6.45, 7) is 1.58. The van der Waals surface area contributed by atoms with E-state index in [0.29, 0.717) is 0 Å². The molecular formula is C6H13NO4. The standard InChI is InChI=1S/C6H13NO4/c1-2-3(8)4(9)5(10)6(7)11-2/h2-6,8-10H,7H2,1H3/t2?,3-,4?,5?,6-/m1/s1. The minimum atomic E-state index is -1.21. The van der Waals surface area contributed by atoms with Gasteiger partial charge < -0.3 is 25.8 Å². The molecule has 0 aliphatic carbocycles. The minimum absolute atomic E-state index is 0.539. The van der Waals surface area contributed by atoms with Crippen molar-refractivity contribution < 1.29 is 20.1 Å². The predicted molar refractivity (Wildman–Crippen MR) is 36.5 cm³/mol. The van der Waals surface area contributed by atoms with Crippen LogP contribution >= 0.6 is 0 Å².